The van der Waals surface area contributed by atoms with E-state index in [0.717, 1.165) is 5.75 Å². The van der Waals surface area contributed by atoms with Crippen molar-refractivity contribution in [3.8, 4) is 5.75 Å². The topological polar surface area (TPSA) is 79.4 Å². The highest BCUT2D eigenvalue weighted by molar-refractivity contribution is 5.94. The van der Waals surface area contributed by atoms with Gasteiger partial charge in [-0.3, -0.25) is 14.4 Å². The van der Waals surface area contributed by atoms with Crippen molar-refractivity contribution in [1.29, 1.82) is 0 Å². The summed E-state index contributed by atoms with van der Waals surface area (Å²) in [5.41, 5.74) is -0.745. The molecule has 1 aromatic rings. The highest BCUT2D eigenvalue weighted by Gasteiger charge is 2.67. The number of amides is 3. The summed E-state index contributed by atoms with van der Waals surface area (Å²) < 4.78 is 11.9. The molecule has 0 aliphatic carbocycles. The monoisotopic (exact) mass is 411 g/mol. The van der Waals surface area contributed by atoms with Gasteiger partial charge in [0.25, 0.3) is 0 Å². The first kappa shape index (κ1) is 19.1. The maximum absolute atomic E-state index is 13.3. The maximum Gasteiger partial charge on any atom is 0.241 e. The van der Waals surface area contributed by atoms with E-state index in [4.69, 9.17) is 9.47 Å². The quantitative estimate of drug-likeness (QED) is 0.645. The lowest BCUT2D eigenvalue weighted by molar-refractivity contribution is -0.149. The number of rotatable bonds is 5. The number of hydrogen-bond acceptors (Lipinski definition) is 5. The Labute approximate surface area is 175 Å². The number of benzene rings is 1. The van der Waals surface area contributed by atoms with Gasteiger partial charge in [0.1, 0.15) is 18.0 Å². The van der Waals surface area contributed by atoms with Gasteiger partial charge in [-0.1, -0.05) is 30.4 Å². The second-order valence-electron chi connectivity index (χ2n) is 8.40. The van der Waals surface area contributed by atoms with Crippen molar-refractivity contribution in [2.24, 2.45) is 11.8 Å². The van der Waals surface area contributed by atoms with E-state index in [1.165, 1.54) is 0 Å². The van der Waals surface area contributed by atoms with Crippen LogP contribution in [0.3, 0.4) is 0 Å². The average molecular weight is 411 g/mol. The number of piperazine rings is 1. The van der Waals surface area contributed by atoms with Crippen LogP contribution in [0.15, 0.2) is 42.5 Å². The molecule has 0 unspecified atom stereocenters. The van der Waals surface area contributed by atoms with E-state index in [9.17, 15) is 14.4 Å². The standard InChI is InChI=1S/C22H25N3O5/c1-23-9-10-24(13-17(23)26)20(27)18-16-7-8-22(30-16)14-25(21(28)19(18)22)11-12-29-15-5-3-2-4-6-15/h2-8,16,18-19H,9-14H2,1H3/t16-,18-,19-,22-/m0/s1. The Morgan fingerprint density at radius 3 is 2.80 bits per heavy atom. The van der Waals surface area contributed by atoms with E-state index in [1.807, 2.05) is 42.5 Å². The minimum Gasteiger partial charge on any atom is -0.492 e. The molecular formula is C22H25N3O5. The van der Waals surface area contributed by atoms with Crippen LogP contribution in [0.5, 0.6) is 5.75 Å². The van der Waals surface area contributed by atoms with Crippen molar-refractivity contribution in [2.75, 3.05) is 46.4 Å². The summed E-state index contributed by atoms with van der Waals surface area (Å²) >= 11 is 0. The Hall–Kier alpha value is -2.87. The van der Waals surface area contributed by atoms with Gasteiger partial charge in [-0.2, -0.15) is 0 Å². The van der Waals surface area contributed by atoms with Gasteiger partial charge in [0.2, 0.25) is 17.7 Å². The molecular weight excluding hydrogens is 386 g/mol. The van der Waals surface area contributed by atoms with Gasteiger partial charge in [-0.25, -0.2) is 0 Å². The number of likely N-dealkylation sites (tertiary alicyclic amines) is 1. The van der Waals surface area contributed by atoms with E-state index in [0.29, 0.717) is 32.8 Å². The molecule has 3 saturated heterocycles. The van der Waals surface area contributed by atoms with Gasteiger partial charge in [-0.05, 0) is 12.1 Å². The molecule has 0 radical (unpaired) electrons. The summed E-state index contributed by atoms with van der Waals surface area (Å²) in [5, 5.41) is 0. The van der Waals surface area contributed by atoms with Crippen LogP contribution in [0.4, 0.5) is 0 Å². The Morgan fingerprint density at radius 1 is 1.23 bits per heavy atom. The first-order valence-corrected chi connectivity index (χ1v) is 10.3. The van der Waals surface area contributed by atoms with Crippen molar-refractivity contribution in [3.63, 3.8) is 0 Å². The summed E-state index contributed by atoms with van der Waals surface area (Å²) in [6, 6.07) is 9.46. The second-order valence-corrected chi connectivity index (χ2v) is 8.40. The second kappa shape index (κ2) is 7.12. The molecule has 4 heterocycles. The minimum absolute atomic E-state index is 0.0603. The molecule has 8 heteroatoms. The molecule has 30 heavy (non-hydrogen) atoms. The molecule has 2 bridgehead atoms. The molecule has 4 aliphatic rings. The molecule has 1 spiro atoms. The predicted octanol–water partition coefficient (Wildman–Crippen LogP) is 0.148. The van der Waals surface area contributed by atoms with Gasteiger partial charge < -0.3 is 24.2 Å². The molecule has 5 rings (SSSR count). The van der Waals surface area contributed by atoms with Crippen LogP contribution in [0, 0.1) is 11.8 Å². The Balaban J connectivity index is 1.28. The number of ether oxygens (including phenoxy) is 2. The summed E-state index contributed by atoms with van der Waals surface area (Å²) in [5.74, 6) is -0.662. The van der Waals surface area contributed by atoms with Gasteiger partial charge in [0, 0.05) is 20.1 Å². The third-order valence-electron chi connectivity index (χ3n) is 6.61. The number of fused-ring (bicyclic) bond motifs is 1. The molecule has 8 nitrogen and oxygen atoms in total. The summed E-state index contributed by atoms with van der Waals surface area (Å²) in [6.07, 6.45) is 3.44. The molecule has 3 fully saturated rings. The third kappa shape index (κ3) is 2.98. The zero-order valence-corrected chi connectivity index (χ0v) is 16.9. The van der Waals surface area contributed by atoms with Crippen LogP contribution < -0.4 is 4.74 Å². The number of para-hydroxylation sites is 1. The predicted molar refractivity (Wildman–Crippen MR) is 106 cm³/mol. The van der Waals surface area contributed by atoms with E-state index < -0.39 is 23.5 Å². The zero-order chi connectivity index (χ0) is 20.9. The lowest BCUT2D eigenvalue weighted by atomic mass is 9.76. The van der Waals surface area contributed by atoms with Crippen LogP contribution in [0.2, 0.25) is 0 Å². The van der Waals surface area contributed by atoms with Crippen molar-refractivity contribution in [2.45, 2.75) is 11.7 Å². The SMILES string of the molecule is CN1CCN(C(=O)[C@H]2[C@@H]3C=C[C@@]4(CN(CCOc5ccccc5)C(=O)[C@H]24)O3)CC1=O. The fourth-order valence-corrected chi connectivity index (χ4v) is 5.00. The highest BCUT2D eigenvalue weighted by atomic mass is 16.5. The largest absolute Gasteiger partial charge is 0.492 e. The zero-order valence-electron chi connectivity index (χ0n) is 16.9. The Morgan fingerprint density at radius 2 is 2.03 bits per heavy atom. The third-order valence-corrected chi connectivity index (χ3v) is 6.61. The Kier molecular flexibility index (Phi) is 4.54. The van der Waals surface area contributed by atoms with Crippen LogP contribution in [-0.4, -0.2) is 90.5 Å². The molecule has 158 valence electrons. The number of nitrogens with zero attached hydrogens (tertiary/aromatic N) is 3. The fraction of sp³-hybridized carbons (Fsp3) is 0.500. The molecule has 1 aromatic carbocycles. The Bertz CT molecular complexity index is 903. The smallest absolute Gasteiger partial charge is 0.241 e. The van der Waals surface area contributed by atoms with Crippen LogP contribution >= 0.6 is 0 Å². The van der Waals surface area contributed by atoms with E-state index in [1.54, 1.807) is 21.7 Å². The summed E-state index contributed by atoms with van der Waals surface area (Å²) in [7, 11) is 1.73. The van der Waals surface area contributed by atoms with E-state index in [-0.39, 0.29) is 24.3 Å². The lowest BCUT2D eigenvalue weighted by Gasteiger charge is -2.35. The van der Waals surface area contributed by atoms with Gasteiger partial charge in [0.05, 0.1) is 37.6 Å². The average Bonchev–Trinajstić information content (AvgIpc) is 3.39. The number of hydrogen-bond donors (Lipinski definition) is 0. The van der Waals surface area contributed by atoms with Crippen LogP contribution in [-0.2, 0) is 19.1 Å². The number of likely N-dealkylation sites (N-methyl/N-ethyl adjacent to an activating group) is 1. The molecule has 4 atom stereocenters. The van der Waals surface area contributed by atoms with Crippen LogP contribution in [0.25, 0.3) is 0 Å². The van der Waals surface area contributed by atoms with Gasteiger partial charge in [0.15, 0.2) is 0 Å². The molecule has 0 aromatic heterocycles. The molecule has 0 N–H and O–H groups in total. The summed E-state index contributed by atoms with van der Waals surface area (Å²) in [4.78, 5) is 43.5. The van der Waals surface area contributed by atoms with Crippen LogP contribution in [0.1, 0.15) is 0 Å². The molecule has 3 amide bonds. The van der Waals surface area contributed by atoms with Crippen molar-refractivity contribution in [3.05, 3.63) is 42.5 Å². The van der Waals surface area contributed by atoms with Gasteiger partial charge in [-0.15, -0.1) is 0 Å². The van der Waals surface area contributed by atoms with Crippen molar-refractivity contribution in [1.82, 2.24) is 14.7 Å². The normalized spacial score (nSPS) is 32.2. The summed E-state index contributed by atoms with van der Waals surface area (Å²) in [6.45, 7) is 2.28. The van der Waals surface area contributed by atoms with Crippen molar-refractivity contribution < 1.29 is 23.9 Å². The molecule has 4 aliphatic heterocycles. The van der Waals surface area contributed by atoms with Crippen molar-refractivity contribution >= 4 is 17.7 Å². The first-order chi connectivity index (χ1) is 14.5. The lowest BCUT2D eigenvalue weighted by Crippen LogP contribution is -2.54. The fourth-order valence-electron chi connectivity index (χ4n) is 5.00. The van der Waals surface area contributed by atoms with E-state index in [2.05, 4.69) is 0 Å². The van der Waals surface area contributed by atoms with E-state index >= 15 is 0 Å². The number of carbonyl (C=O) groups is 3. The highest BCUT2D eigenvalue weighted by Crippen LogP contribution is 2.52. The minimum atomic E-state index is -0.745. The van der Waals surface area contributed by atoms with Gasteiger partial charge >= 0.3 is 0 Å². The molecule has 0 saturated carbocycles. The first-order valence-electron chi connectivity index (χ1n) is 10.3. The maximum atomic E-state index is 13.3. The number of carbonyl (C=O) groups excluding carboxylic acids is 3.